The van der Waals surface area contributed by atoms with E-state index in [1.165, 1.54) is 30.3 Å². The second kappa shape index (κ2) is 10.5. The number of aromatic nitrogens is 1. The molecule has 0 saturated heterocycles. The summed E-state index contributed by atoms with van der Waals surface area (Å²) in [6, 6.07) is 6.96. The predicted octanol–water partition coefficient (Wildman–Crippen LogP) is 7.79. The number of aryl methyl sites for hydroxylation is 1. The van der Waals surface area contributed by atoms with Crippen molar-refractivity contribution in [2.45, 2.75) is 50.6 Å². The minimum atomic E-state index is -6.50. The van der Waals surface area contributed by atoms with Gasteiger partial charge in [-0.3, -0.25) is 4.79 Å². The second-order valence-electron chi connectivity index (χ2n) is 8.56. The Morgan fingerprint density at radius 2 is 1.65 bits per heavy atom. The molecule has 14 heteroatoms. The molecule has 2 aromatic carbocycles. The van der Waals surface area contributed by atoms with Gasteiger partial charge in [-0.1, -0.05) is 18.9 Å². The van der Waals surface area contributed by atoms with Crippen molar-refractivity contribution in [3.63, 3.8) is 0 Å². The molecular formula is C26H18F10N2O2. The summed E-state index contributed by atoms with van der Waals surface area (Å²) in [6.07, 6.45) is -9.58. The first-order valence-corrected chi connectivity index (χ1v) is 11.2. The number of hydrogen-bond acceptors (Lipinski definition) is 3. The van der Waals surface area contributed by atoms with Crippen LogP contribution in [0.15, 0.2) is 42.5 Å². The van der Waals surface area contributed by atoms with Crippen LogP contribution in [0.4, 0.5) is 49.6 Å². The van der Waals surface area contributed by atoms with Crippen LogP contribution in [0.2, 0.25) is 0 Å². The van der Waals surface area contributed by atoms with Crippen LogP contribution in [0.5, 0.6) is 5.75 Å². The summed E-state index contributed by atoms with van der Waals surface area (Å²) in [7, 11) is 0. The summed E-state index contributed by atoms with van der Waals surface area (Å²) in [5, 5.41) is 2.54. The molecule has 2 unspecified atom stereocenters. The van der Waals surface area contributed by atoms with Gasteiger partial charge in [-0.05, 0) is 55.3 Å². The minimum absolute atomic E-state index is 0.102. The van der Waals surface area contributed by atoms with Crippen molar-refractivity contribution in [1.29, 1.82) is 0 Å². The van der Waals surface area contributed by atoms with E-state index >= 15 is 4.39 Å². The molecule has 214 valence electrons. The number of pyridine rings is 1. The molecule has 0 aliphatic carbocycles. The van der Waals surface area contributed by atoms with Crippen molar-refractivity contribution in [1.82, 2.24) is 4.98 Å². The van der Waals surface area contributed by atoms with E-state index in [0.29, 0.717) is 23.5 Å². The molecule has 1 aromatic heterocycles. The largest absolute Gasteiger partial charge is 0.433 e. The molecule has 0 spiro atoms. The zero-order chi connectivity index (χ0) is 30.3. The molecular weight excluding hydrogens is 562 g/mol. The molecule has 1 amide bonds. The molecule has 0 radical (unpaired) electrons. The summed E-state index contributed by atoms with van der Waals surface area (Å²) in [5.41, 5.74) is -14.0. The quantitative estimate of drug-likeness (QED) is 0.229. The third-order valence-electron chi connectivity index (χ3n) is 6.12. The number of carbonyl (C=O) groups excluding carboxylic acids is 1. The minimum Gasteiger partial charge on any atom is -0.433 e. The Hall–Kier alpha value is -4.02. The van der Waals surface area contributed by atoms with Gasteiger partial charge in [0.15, 0.2) is 0 Å². The summed E-state index contributed by atoms with van der Waals surface area (Å²) >= 11 is 0. The Kier molecular flexibility index (Phi) is 8.02. The number of benzene rings is 2. The smallest absolute Gasteiger partial charge is 0.430 e. The number of nitrogens with zero attached hydrogens (tertiary/aromatic N) is 1. The van der Waals surface area contributed by atoms with Crippen molar-refractivity contribution >= 4 is 22.5 Å². The van der Waals surface area contributed by atoms with Gasteiger partial charge in [0.05, 0.1) is 11.2 Å². The number of rotatable bonds is 7. The first-order chi connectivity index (χ1) is 18.4. The van der Waals surface area contributed by atoms with Crippen molar-refractivity contribution in [2.75, 3.05) is 5.32 Å². The highest BCUT2D eigenvalue weighted by atomic mass is 19.4. The summed E-state index contributed by atoms with van der Waals surface area (Å²) in [5.74, 6) is -0.0236. The molecule has 1 heterocycles. The van der Waals surface area contributed by atoms with E-state index in [0.717, 1.165) is 6.92 Å². The number of halogens is 10. The topological polar surface area (TPSA) is 51.2 Å². The maximum atomic E-state index is 15.6. The fourth-order valence-electron chi connectivity index (χ4n) is 4.09. The highest BCUT2D eigenvalue weighted by Gasteiger charge is 2.79. The summed E-state index contributed by atoms with van der Waals surface area (Å²) in [4.78, 5) is 17.0. The summed E-state index contributed by atoms with van der Waals surface area (Å²) in [6.45, 7) is -2.55. The molecule has 40 heavy (non-hydrogen) atoms. The zero-order valence-electron chi connectivity index (χ0n) is 20.4. The lowest BCUT2D eigenvalue weighted by Crippen LogP contribution is -2.62. The van der Waals surface area contributed by atoms with Crippen LogP contribution in [-0.4, -0.2) is 35.5 Å². The molecule has 1 N–H and O–H groups in total. The molecule has 0 bridgehead atoms. The van der Waals surface area contributed by atoms with Gasteiger partial charge in [0.25, 0.3) is 17.2 Å². The number of nitrogens with one attached hydrogen (secondary N) is 1. The van der Waals surface area contributed by atoms with Crippen molar-refractivity contribution in [2.24, 2.45) is 0 Å². The maximum absolute atomic E-state index is 15.6. The average molecular weight is 580 g/mol. The highest BCUT2D eigenvalue weighted by Crippen LogP contribution is 2.59. The van der Waals surface area contributed by atoms with Crippen molar-refractivity contribution in [3.8, 4) is 18.1 Å². The van der Waals surface area contributed by atoms with Crippen LogP contribution in [0.3, 0.4) is 0 Å². The SMILES string of the molecule is C#Cc1ccc2cc(C(=O)Nc3c(C)cc(C(F)(C(F)(F)F)C(F)(CC)C(F)(F)F)cc3OC(F)F)ccc2n1. The maximum Gasteiger partial charge on any atom is 0.430 e. The fourth-order valence-corrected chi connectivity index (χ4v) is 4.09. The van der Waals surface area contributed by atoms with E-state index < -0.39 is 65.2 Å². The van der Waals surface area contributed by atoms with Gasteiger partial charge in [-0.2, -0.15) is 35.1 Å². The average Bonchev–Trinajstić information content (AvgIpc) is 2.86. The van der Waals surface area contributed by atoms with E-state index in [1.807, 2.05) is 0 Å². The normalized spacial score (nSPS) is 15.3. The van der Waals surface area contributed by atoms with E-state index in [-0.39, 0.29) is 17.7 Å². The van der Waals surface area contributed by atoms with E-state index in [1.54, 1.807) is 0 Å². The van der Waals surface area contributed by atoms with Gasteiger partial charge in [0.1, 0.15) is 11.4 Å². The highest BCUT2D eigenvalue weighted by molar-refractivity contribution is 6.07. The van der Waals surface area contributed by atoms with Crippen LogP contribution < -0.4 is 10.1 Å². The molecule has 4 nitrogen and oxygen atoms in total. The number of ether oxygens (including phenoxy) is 1. The third kappa shape index (κ3) is 5.24. The predicted molar refractivity (Wildman–Crippen MR) is 124 cm³/mol. The number of alkyl halides is 10. The van der Waals surface area contributed by atoms with Gasteiger partial charge in [0, 0.05) is 16.5 Å². The monoisotopic (exact) mass is 580 g/mol. The lowest BCUT2D eigenvalue weighted by Gasteiger charge is -2.41. The van der Waals surface area contributed by atoms with Crippen molar-refractivity contribution < 1.29 is 53.4 Å². The van der Waals surface area contributed by atoms with E-state index in [2.05, 4.69) is 21.0 Å². The number of anilines is 1. The fraction of sp³-hybridized carbons (Fsp3) is 0.308. The van der Waals surface area contributed by atoms with Crippen molar-refractivity contribution in [3.05, 3.63) is 64.8 Å². The zero-order valence-corrected chi connectivity index (χ0v) is 20.4. The van der Waals surface area contributed by atoms with Gasteiger partial charge >= 0.3 is 19.0 Å². The Balaban J connectivity index is 2.15. The van der Waals surface area contributed by atoms with E-state index in [4.69, 9.17) is 6.42 Å². The Labute approximate surface area is 220 Å². The van der Waals surface area contributed by atoms with Crippen LogP contribution in [0.25, 0.3) is 10.9 Å². The van der Waals surface area contributed by atoms with Gasteiger partial charge in [0.2, 0.25) is 0 Å². The van der Waals surface area contributed by atoms with E-state index in [9.17, 15) is 44.3 Å². The van der Waals surface area contributed by atoms with Crippen LogP contribution in [0, 0.1) is 19.3 Å². The van der Waals surface area contributed by atoms with Gasteiger partial charge in [-0.25, -0.2) is 13.8 Å². The second-order valence-corrected chi connectivity index (χ2v) is 8.56. The Morgan fingerprint density at radius 1 is 1.00 bits per heavy atom. The summed E-state index contributed by atoms with van der Waals surface area (Å²) < 4.78 is 143. The standard InChI is InChI=1S/C26H18F10N2O2/c1-4-17-8-6-14-11-15(7-9-18(14)37-17)21(39)38-20-13(3)10-16(12-19(20)40-22(27)28)24(30,26(34,35)36)23(29,5-2)25(31,32)33/h1,6-12,22H,5H2,2-3H3,(H,38,39). The van der Waals surface area contributed by atoms with Crippen LogP contribution >= 0.6 is 0 Å². The molecule has 0 aliphatic heterocycles. The molecule has 3 aromatic rings. The lowest BCUT2D eigenvalue weighted by molar-refractivity contribution is -0.350. The van der Waals surface area contributed by atoms with Crippen LogP contribution in [-0.2, 0) is 5.67 Å². The third-order valence-corrected chi connectivity index (χ3v) is 6.12. The number of hydrogen-bond donors (Lipinski definition) is 1. The first kappa shape index (κ1) is 30.5. The Bertz CT molecular complexity index is 1480. The lowest BCUT2D eigenvalue weighted by atomic mass is 9.76. The first-order valence-electron chi connectivity index (χ1n) is 11.2. The molecule has 0 saturated carbocycles. The van der Waals surface area contributed by atoms with Gasteiger partial charge in [-0.15, -0.1) is 6.42 Å². The number of terminal acetylenes is 1. The van der Waals surface area contributed by atoms with Crippen LogP contribution in [0.1, 0.15) is 40.5 Å². The number of fused-ring (bicyclic) bond motifs is 1. The molecule has 0 aliphatic rings. The molecule has 0 fully saturated rings. The Morgan fingerprint density at radius 3 is 2.17 bits per heavy atom. The van der Waals surface area contributed by atoms with Gasteiger partial charge < -0.3 is 10.1 Å². The molecule has 3 rings (SSSR count). The number of amides is 1. The molecule has 2 atom stereocenters. The number of carbonyl (C=O) groups is 1.